The van der Waals surface area contributed by atoms with Gasteiger partial charge in [-0.1, -0.05) is 26.0 Å². The van der Waals surface area contributed by atoms with E-state index < -0.39 is 0 Å². The first-order chi connectivity index (χ1) is 10.1. The molecule has 0 aliphatic carbocycles. The number of halogens is 1. The van der Waals surface area contributed by atoms with Gasteiger partial charge in [0, 0.05) is 25.9 Å². The van der Waals surface area contributed by atoms with Crippen LogP contribution in [0, 0.1) is 11.7 Å². The fourth-order valence-corrected chi connectivity index (χ4v) is 2.31. The highest BCUT2D eigenvalue weighted by molar-refractivity contribution is 5.22. The van der Waals surface area contributed by atoms with E-state index in [1.165, 1.54) is 12.1 Å². The van der Waals surface area contributed by atoms with E-state index in [1.54, 1.807) is 11.0 Å². The van der Waals surface area contributed by atoms with E-state index in [-0.39, 0.29) is 11.7 Å². The predicted octanol–water partition coefficient (Wildman–Crippen LogP) is 2.53. The molecule has 0 amide bonds. The standard InChI is InChI=1S/C16H23FN4/c1-12(2)9-18-10-14(8-16-19-11-20-21(16)3)13-4-6-15(17)7-5-13/h4-7,11-12,14,18H,8-10H2,1-3H3. The van der Waals surface area contributed by atoms with Gasteiger partial charge in [0.25, 0.3) is 0 Å². The number of hydrogen-bond donors (Lipinski definition) is 1. The molecule has 1 N–H and O–H groups in total. The molecule has 1 aromatic heterocycles. The number of nitrogens with zero attached hydrogens (tertiary/aromatic N) is 3. The second-order valence-electron chi connectivity index (χ2n) is 5.80. The minimum atomic E-state index is -0.203. The molecule has 0 bridgehead atoms. The van der Waals surface area contributed by atoms with Gasteiger partial charge in [-0.3, -0.25) is 4.68 Å². The van der Waals surface area contributed by atoms with Gasteiger partial charge in [0.05, 0.1) is 0 Å². The van der Waals surface area contributed by atoms with Crippen LogP contribution in [0.5, 0.6) is 0 Å². The molecule has 1 heterocycles. The number of nitrogens with one attached hydrogen (secondary N) is 1. The van der Waals surface area contributed by atoms with Crippen molar-refractivity contribution in [1.29, 1.82) is 0 Å². The van der Waals surface area contributed by atoms with Crippen LogP contribution in [0.15, 0.2) is 30.6 Å². The Morgan fingerprint density at radius 1 is 1.19 bits per heavy atom. The molecule has 0 fully saturated rings. The first-order valence-electron chi connectivity index (χ1n) is 7.35. The molecule has 1 atom stereocenters. The lowest BCUT2D eigenvalue weighted by molar-refractivity contribution is 0.503. The Hall–Kier alpha value is -1.75. The molecule has 0 aliphatic heterocycles. The quantitative estimate of drug-likeness (QED) is 0.852. The molecule has 21 heavy (non-hydrogen) atoms. The van der Waals surface area contributed by atoms with Gasteiger partial charge >= 0.3 is 0 Å². The zero-order valence-electron chi connectivity index (χ0n) is 12.9. The first-order valence-corrected chi connectivity index (χ1v) is 7.35. The fraction of sp³-hybridized carbons (Fsp3) is 0.500. The Bertz CT molecular complexity index is 548. The summed E-state index contributed by atoms with van der Waals surface area (Å²) in [4.78, 5) is 4.29. The Kier molecular flexibility index (Phi) is 5.44. The summed E-state index contributed by atoms with van der Waals surface area (Å²) in [5, 5.41) is 7.59. The molecule has 2 rings (SSSR count). The highest BCUT2D eigenvalue weighted by atomic mass is 19.1. The number of benzene rings is 1. The van der Waals surface area contributed by atoms with Crippen molar-refractivity contribution in [2.24, 2.45) is 13.0 Å². The third-order valence-electron chi connectivity index (χ3n) is 3.52. The fourth-order valence-electron chi connectivity index (χ4n) is 2.31. The molecule has 0 radical (unpaired) electrons. The van der Waals surface area contributed by atoms with Gasteiger partial charge < -0.3 is 5.32 Å². The third kappa shape index (κ3) is 4.63. The summed E-state index contributed by atoms with van der Waals surface area (Å²) in [5.41, 5.74) is 1.12. The first kappa shape index (κ1) is 15.6. The second kappa shape index (κ2) is 7.31. The van der Waals surface area contributed by atoms with Gasteiger partial charge in [-0.25, -0.2) is 9.37 Å². The van der Waals surface area contributed by atoms with Crippen LogP contribution in [-0.4, -0.2) is 27.9 Å². The normalized spacial score (nSPS) is 12.8. The van der Waals surface area contributed by atoms with E-state index in [2.05, 4.69) is 29.2 Å². The van der Waals surface area contributed by atoms with Gasteiger partial charge in [0.2, 0.25) is 0 Å². The molecule has 1 aromatic carbocycles. The zero-order chi connectivity index (χ0) is 15.2. The highest BCUT2D eigenvalue weighted by Crippen LogP contribution is 2.20. The summed E-state index contributed by atoms with van der Waals surface area (Å²) >= 11 is 0. The lowest BCUT2D eigenvalue weighted by Gasteiger charge is -2.18. The molecule has 114 valence electrons. The molecule has 0 saturated carbocycles. The molecule has 2 aromatic rings. The van der Waals surface area contributed by atoms with Crippen LogP contribution in [0.2, 0.25) is 0 Å². The van der Waals surface area contributed by atoms with Gasteiger partial charge in [-0.15, -0.1) is 0 Å². The van der Waals surface area contributed by atoms with Gasteiger partial charge in [0.1, 0.15) is 18.0 Å². The Morgan fingerprint density at radius 3 is 2.48 bits per heavy atom. The van der Waals surface area contributed by atoms with Crippen molar-refractivity contribution in [3.8, 4) is 0 Å². The summed E-state index contributed by atoms with van der Waals surface area (Å²) < 4.78 is 14.9. The molecular weight excluding hydrogens is 267 g/mol. The van der Waals surface area contributed by atoms with Gasteiger partial charge in [0.15, 0.2) is 0 Å². The largest absolute Gasteiger partial charge is 0.316 e. The Labute approximate surface area is 125 Å². The zero-order valence-corrected chi connectivity index (χ0v) is 12.9. The second-order valence-corrected chi connectivity index (χ2v) is 5.80. The average Bonchev–Trinajstić information content (AvgIpc) is 2.84. The molecular formula is C16H23FN4. The lowest BCUT2D eigenvalue weighted by Crippen LogP contribution is -2.27. The maximum atomic E-state index is 13.1. The smallest absolute Gasteiger partial charge is 0.138 e. The van der Waals surface area contributed by atoms with Gasteiger partial charge in [-0.05, 0) is 30.2 Å². The van der Waals surface area contributed by atoms with Crippen LogP contribution in [0.1, 0.15) is 31.2 Å². The maximum absolute atomic E-state index is 13.1. The van der Waals surface area contributed by atoms with Crippen molar-refractivity contribution < 1.29 is 4.39 Å². The van der Waals surface area contributed by atoms with Crippen LogP contribution < -0.4 is 5.32 Å². The van der Waals surface area contributed by atoms with Crippen molar-refractivity contribution in [3.63, 3.8) is 0 Å². The number of rotatable bonds is 7. The van der Waals surface area contributed by atoms with Crippen LogP contribution in [-0.2, 0) is 13.5 Å². The molecule has 5 heteroatoms. The van der Waals surface area contributed by atoms with E-state index in [9.17, 15) is 4.39 Å². The van der Waals surface area contributed by atoms with Crippen LogP contribution in [0.4, 0.5) is 4.39 Å². The van der Waals surface area contributed by atoms with E-state index in [0.29, 0.717) is 5.92 Å². The third-order valence-corrected chi connectivity index (χ3v) is 3.52. The monoisotopic (exact) mass is 290 g/mol. The van der Waals surface area contributed by atoms with Crippen LogP contribution in [0.25, 0.3) is 0 Å². The number of hydrogen-bond acceptors (Lipinski definition) is 3. The average molecular weight is 290 g/mol. The van der Waals surface area contributed by atoms with Crippen LogP contribution >= 0.6 is 0 Å². The van der Waals surface area contributed by atoms with Crippen molar-refractivity contribution in [2.75, 3.05) is 13.1 Å². The highest BCUT2D eigenvalue weighted by Gasteiger charge is 2.15. The molecule has 0 spiro atoms. The van der Waals surface area contributed by atoms with Gasteiger partial charge in [-0.2, -0.15) is 5.10 Å². The summed E-state index contributed by atoms with van der Waals surface area (Å²) in [6, 6.07) is 6.74. The summed E-state index contributed by atoms with van der Waals surface area (Å²) in [5.74, 6) is 1.60. The minimum absolute atomic E-state index is 0.203. The topological polar surface area (TPSA) is 42.7 Å². The summed E-state index contributed by atoms with van der Waals surface area (Å²) in [6.45, 7) is 6.18. The van der Waals surface area contributed by atoms with E-state index in [1.807, 2.05) is 19.2 Å². The number of aromatic nitrogens is 3. The Morgan fingerprint density at radius 2 is 1.90 bits per heavy atom. The number of aryl methyl sites for hydroxylation is 1. The molecule has 0 saturated heterocycles. The lowest BCUT2D eigenvalue weighted by atomic mass is 9.95. The predicted molar refractivity (Wildman–Crippen MR) is 81.6 cm³/mol. The molecule has 4 nitrogen and oxygen atoms in total. The minimum Gasteiger partial charge on any atom is -0.316 e. The van der Waals surface area contributed by atoms with Crippen molar-refractivity contribution >= 4 is 0 Å². The van der Waals surface area contributed by atoms with Crippen LogP contribution in [0.3, 0.4) is 0 Å². The maximum Gasteiger partial charge on any atom is 0.138 e. The molecule has 0 aliphatic rings. The molecule has 1 unspecified atom stereocenters. The van der Waals surface area contributed by atoms with E-state index in [0.717, 1.165) is 30.9 Å². The van der Waals surface area contributed by atoms with Crippen molar-refractivity contribution in [3.05, 3.63) is 47.8 Å². The van der Waals surface area contributed by atoms with E-state index >= 15 is 0 Å². The van der Waals surface area contributed by atoms with Crippen molar-refractivity contribution in [1.82, 2.24) is 20.1 Å². The van der Waals surface area contributed by atoms with Crippen molar-refractivity contribution in [2.45, 2.75) is 26.2 Å². The van der Waals surface area contributed by atoms with E-state index in [4.69, 9.17) is 0 Å². The summed E-state index contributed by atoms with van der Waals surface area (Å²) in [7, 11) is 1.89. The summed E-state index contributed by atoms with van der Waals surface area (Å²) in [6.07, 6.45) is 2.35. The SMILES string of the molecule is CC(C)CNCC(Cc1ncnn1C)c1ccc(F)cc1. The Balaban J connectivity index is 2.09.